The smallest absolute Gasteiger partial charge is 0.243 e. The number of pyridine rings is 1. The van der Waals surface area contributed by atoms with Gasteiger partial charge in [0.05, 0.1) is 16.6 Å². The van der Waals surface area contributed by atoms with Gasteiger partial charge >= 0.3 is 0 Å². The highest BCUT2D eigenvalue weighted by molar-refractivity contribution is 6.36. The molecule has 0 spiro atoms. The van der Waals surface area contributed by atoms with Gasteiger partial charge in [0.2, 0.25) is 12.7 Å². The number of halogens is 1. The van der Waals surface area contributed by atoms with Gasteiger partial charge in [-0.2, -0.15) is 0 Å². The minimum atomic E-state index is -0.380. The molecule has 0 saturated heterocycles. The van der Waals surface area contributed by atoms with Gasteiger partial charge in [-0.1, -0.05) is 35.9 Å². The highest BCUT2D eigenvalue weighted by Crippen LogP contribution is 2.42. The largest absolute Gasteiger partial charge is 0.454 e. The second kappa shape index (κ2) is 7.09. The lowest BCUT2D eigenvalue weighted by molar-refractivity contribution is -0.129. The number of unbranched alkanes of at least 4 members (excludes halogenated alkanes) is 1. The Morgan fingerprint density at radius 3 is 2.69 bits per heavy atom. The van der Waals surface area contributed by atoms with Crippen LogP contribution in [-0.2, 0) is 11.3 Å². The van der Waals surface area contributed by atoms with E-state index in [4.69, 9.17) is 31.3 Å². The van der Waals surface area contributed by atoms with E-state index in [2.05, 4.69) is 4.57 Å². The second-order valence-corrected chi connectivity index (χ2v) is 7.37. The molecule has 8 heteroatoms. The van der Waals surface area contributed by atoms with Gasteiger partial charge in [0.15, 0.2) is 11.5 Å². The van der Waals surface area contributed by atoms with Gasteiger partial charge in [0, 0.05) is 35.2 Å². The molecule has 7 nitrogen and oxygen atoms in total. The van der Waals surface area contributed by atoms with Gasteiger partial charge in [-0.05, 0) is 18.9 Å². The summed E-state index contributed by atoms with van der Waals surface area (Å²) >= 11 is 6.50. The number of fused-ring (bicyclic) bond motifs is 6. The average Bonchev–Trinajstić information content (AvgIpc) is 3.32. The molecule has 0 saturated carbocycles. The van der Waals surface area contributed by atoms with E-state index in [9.17, 15) is 4.79 Å². The lowest BCUT2D eigenvalue weighted by atomic mass is 10.1. The lowest BCUT2D eigenvalue weighted by Gasteiger charge is -2.10. The third-order valence-electron chi connectivity index (χ3n) is 5.31. The highest BCUT2D eigenvalue weighted by atomic mass is 35.5. The van der Waals surface area contributed by atoms with Crippen LogP contribution in [0.15, 0.2) is 36.4 Å². The van der Waals surface area contributed by atoms with Crippen molar-refractivity contribution < 1.29 is 19.5 Å². The first-order chi connectivity index (χ1) is 14.2. The lowest BCUT2D eigenvalue weighted by Crippen LogP contribution is -2.17. The molecule has 4 aromatic rings. The number of rotatable bonds is 5. The van der Waals surface area contributed by atoms with Gasteiger partial charge in [0.1, 0.15) is 5.15 Å². The fourth-order valence-corrected chi connectivity index (χ4v) is 4.23. The summed E-state index contributed by atoms with van der Waals surface area (Å²) in [6.45, 7) is 0.888. The van der Waals surface area contributed by atoms with Crippen molar-refractivity contribution in [2.24, 2.45) is 0 Å². The van der Waals surface area contributed by atoms with Crippen LogP contribution in [0, 0.1) is 0 Å². The molecule has 0 fully saturated rings. The number of amides is 1. The van der Waals surface area contributed by atoms with E-state index in [1.807, 2.05) is 36.4 Å². The number of ether oxygens (including phenoxy) is 2. The predicted octanol–water partition coefficient (Wildman–Crippen LogP) is 4.40. The van der Waals surface area contributed by atoms with Crippen LogP contribution in [0.5, 0.6) is 11.5 Å². The molecule has 2 aromatic carbocycles. The van der Waals surface area contributed by atoms with E-state index in [1.54, 1.807) is 5.48 Å². The average molecular weight is 412 g/mol. The summed E-state index contributed by atoms with van der Waals surface area (Å²) in [6, 6.07) is 11.9. The zero-order valence-corrected chi connectivity index (χ0v) is 16.2. The van der Waals surface area contributed by atoms with E-state index >= 15 is 0 Å². The normalized spacial score (nSPS) is 12.9. The predicted molar refractivity (Wildman–Crippen MR) is 110 cm³/mol. The van der Waals surface area contributed by atoms with Gasteiger partial charge in [-0.15, -0.1) is 0 Å². The molecule has 148 valence electrons. The molecule has 0 unspecified atom stereocenters. The van der Waals surface area contributed by atoms with Crippen LogP contribution in [0.4, 0.5) is 0 Å². The Morgan fingerprint density at radius 1 is 1.14 bits per heavy atom. The Balaban J connectivity index is 1.71. The Bertz CT molecular complexity index is 1270. The fraction of sp³-hybridized carbons (Fsp3) is 0.238. The first-order valence-electron chi connectivity index (χ1n) is 9.40. The maximum atomic E-state index is 11.3. The molecule has 29 heavy (non-hydrogen) atoms. The Kier molecular flexibility index (Phi) is 4.41. The molecular formula is C21H18ClN3O4. The van der Waals surface area contributed by atoms with Crippen LogP contribution >= 0.6 is 11.6 Å². The van der Waals surface area contributed by atoms with Crippen molar-refractivity contribution in [1.29, 1.82) is 0 Å². The maximum absolute atomic E-state index is 11.3. The summed E-state index contributed by atoms with van der Waals surface area (Å²) in [4.78, 5) is 16.0. The molecule has 0 aliphatic carbocycles. The Morgan fingerprint density at radius 2 is 1.90 bits per heavy atom. The minimum Gasteiger partial charge on any atom is -0.454 e. The molecule has 0 atom stereocenters. The van der Waals surface area contributed by atoms with Crippen molar-refractivity contribution >= 4 is 50.2 Å². The molecule has 1 aliphatic rings. The molecule has 2 N–H and O–H groups in total. The van der Waals surface area contributed by atoms with Gasteiger partial charge in [-0.3, -0.25) is 10.0 Å². The molecule has 5 rings (SSSR count). The summed E-state index contributed by atoms with van der Waals surface area (Å²) in [5.41, 5.74) is 4.47. The van der Waals surface area contributed by atoms with Crippen molar-refractivity contribution in [3.63, 3.8) is 0 Å². The summed E-state index contributed by atoms with van der Waals surface area (Å²) < 4.78 is 13.3. The first-order valence-corrected chi connectivity index (χ1v) is 9.78. The van der Waals surface area contributed by atoms with Crippen LogP contribution in [0.3, 0.4) is 0 Å². The third kappa shape index (κ3) is 2.94. The zero-order valence-electron chi connectivity index (χ0n) is 15.4. The van der Waals surface area contributed by atoms with Gasteiger partial charge in [-0.25, -0.2) is 10.5 Å². The van der Waals surface area contributed by atoms with E-state index in [0.717, 1.165) is 39.1 Å². The number of nitrogens with zero attached hydrogens (tertiary/aromatic N) is 2. The van der Waals surface area contributed by atoms with E-state index in [1.165, 1.54) is 0 Å². The summed E-state index contributed by atoms with van der Waals surface area (Å²) in [7, 11) is 0. The molecule has 1 aliphatic heterocycles. The van der Waals surface area contributed by atoms with Crippen LogP contribution < -0.4 is 15.0 Å². The summed E-state index contributed by atoms with van der Waals surface area (Å²) in [5, 5.41) is 12.0. The highest BCUT2D eigenvalue weighted by Gasteiger charge is 2.22. The summed E-state index contributed by atoms with van der Waals surface area (Å²) in [6.07, 6.45) is 1.68. The van der Waals surface area contributed by atoms with Gasteiger partial charge in [0.25, 0.3) is 0 Å². The Labute approximate surface area is 170 Å². The maximum Gasteiger partial charge on any atom is 0.243 e. The number of hydrogen-bond acceptors (Lipinski definition) is 5. The first kappa shape index (κ1) is 18.0. The quantitative estimate of drug-likeness (QED) is 0.220. The Hall–Kier alpha value is -3.03. The molecule has 2 aromatic heterocycles. The number of carbonyl (C=O) groups excluding carboxylic acids is 1. The number of aryl methyl sites for hydroxylation is 1. The number of carbonyl (C=O) groups is 1. The number of benzene rings is 2. The molecule has 0 radical (unpaired) electrons. The van der Waals surface area contributed by atoms with Crippen LogP contribution in [0.25, 0.3) is 32.7 Å². The number of nitrogens with one attached hydrogen (secondary N) is 1. The van der Waals surface area contributed by atoms with Gasteiger partial charge < -0.3 is 14.0 Å². The van der Waals surface area contributed by atoms with Crippen LogP contribution in [0.1, 0.15) is 19.3 Å². The number of aromatic nitrogens is 2. The van der Waals surface area contributed by atoms with Crippen molar-refractivity contribution in [2.45, 2.75) is 25.8 Å². The van der Waals surface area contributed by atoms with Crippen LogP contribution in [0.2, 0.25) is 5.15 Å². The fourth-order valence-electron chi connectivity index (χ4n) is 3.98. The number of hydroxylamine groups is 1. The van der Waals surface area contributed by atoms with Crippen LogP contribution in [-0.4, -0.2) is 27.5 Å². The number of hydrogen-bond donors (Lipinski definition) is 2. The molecule has 1 amide bonds. The zero-order chi connectivity index (χ0) is 20.0. The second-order valence-electron chi connectivity index (χ2n) is 7.01. The molecule has 3 heterocycles. The van der Waals surface area contributed by atoms with E-state index in [-0.39, 0.29) is 19.1 Å². The van der Waals surface area contributed by atoms with Crippen molar-refractivity contribution in [3.8, 4) is 11.5 Å². The van der Waals surface area contributed by atoms with Crippen molar-refractivity contribution in [1.82, 2.24) is 15.0 Å². The third-order valence-corrected chi connectivity index (χ3v) is 5.59. The molecule has 0 bridgehead atoms. The minimum absolute atomic E-state index is 0.202. The van der Waals surface area contributed by atoms with E-state index < -0.39 is 0 Å². The van der Waals surface area contributed by atoms with Crippen molar-refractivity contribution in [3.05, 3.63) is 41.6 Å². The molecular weight excluding hydrogens is 394 g/mol. The summed E-state index contributed by atoms with van der Waals surface area (Å²) in [5.74, 6) is 1.02. The standard InChI is InChI=1S/C21H18ClN3O4/c22-21-13-6-2-1-5-12(13)20-19(23-21)14-9-16-17(29-11-28-16)10-15(14)25(20)8-4-3-7-18(26)24-27/h1-2,5-6,9-10,27H,3-4,7-8,11H2,(H,24,26). The topological polar surface area (TPSA) is 85.6 Å². The van der Waals surface area contributed by atoms with E-state index in [0.29, 0.717) is 29.6 Å². The van der Waals surface area contributed by atoms with Crippen molar-refractivity contribution in [2.75, 3.05) is 6.79 Å². The monoisotopic (exact) mass is 411 g/mol. The SMILES string of the molecule is O=C(CCCCn1c2cc3c(cc2c2nc(Cl)c4ccccc4c21)OCO3)NO.